The van der Waals surface area contributed by atoms with Gasteiger partial charge in [-0.3, -0.25) is 4.79 Å². The van der Waals surface area contributed by atoms with Crippen LogP contribution >= 0.6 is 11.3 Å². The second kappa shape index (κ2) is 5.75. The molecule has 3 heterocycles. The zero-order chi connectivity index (χ0) is 13.9. The first-order valence-electron chi connectivity index (χ1n) is 6.89. The summed E-state index contributed by atoms with van der Waals surface area (Å²) in [6.07, 6.45) is 4.80. The normalized spacial score (nSPS) is 16.7. The maximum absolute atomic E-state index is 10.6. The minimum Gasteiger partial charge on any atom is -0.481 e. The largest absolute Gasteiger partial charge is 0.481 e. The first-order chi connectivity index (χ1) is 9.74. The second-order valence-corrected chi connectivity index (χ2v) is 6.09. The fourth-order valence-electron chi connectivity index (χ4n) is 2.79. The van der Waals surface area contributed by atoms with Gasteiger partial charge in [0.05, 0.1) is 5.39 Å². The molecule has 0 atom stereocenters. The highest BCUT2D eigenvalue weighted by molar-refractivity contribution is 7.16. The minimum absolute atomic E-state index is 0.285. The number of piperidine rings is 1. The minimum atomic E-state index is -0.691. The standard InChI is InChI=1S/C14H17N3O2S/c18-12(19)2-1-10-3-6-17(7-4-10)13-11-5-8-20-14(11)16-9-15-13/h5,8-10H,1-4,6-7H2,(H,18,19). The van der Waals surface area contributed by atoms with E-state index in [1.165, 1.54) is 0 Å². The Morgan fingerprint density at radius 1 is 1.40 bits per heavy atom. The summed E-state index contributed by atoms with van der Waals surface area (Å²) in [5.74, 6) is 0.860. The number of carboxylic acid groups (broad SMARTS) is 1. The molecule has 6 heteroatoms. The number of anilines is 1. The topological polar surface area (TPSA) is 66.3 Å². The van der Waals surface area contributed by atoms with Crippen molar-refractivity contribution in [2.75, 3.05) is 18.0 Å². The number of rotatable bonds is 4. The Labute approximate surface area is 121 Å². The van der Waals surface area contributed by atoms with Crippen molar-refractivity contribution in [3.8, 4) is 0 Å². The highest BCUT2D eigenvalue weighted by Crippen LogP contribution is 2.30. The highest BCUT2D eigenvalue weighted by atomic mass is 32.1. The van der Waals surface area contributed by atoms with E-state index in [0.717, 1.165) is 48.4 Å². The Hall–Kier alpha value is -1.69. The Morgan fingerprint density at radius 3 is 2.95 bits per heavy atom. The van der Waals surface area contributed by atoms with E-state index in [9.17, 15) is 4.79 Å². The Morgan fingerprint density at radius 2 is 2.20 bits per heavy atom. The summed E-state index contributed by atoms with van der Waals surface area (Å²) in [7, 11) is 0. The Kier molecular flexibility index (Phi) is 3.82. The van der Waals surface area contributed by atoms with Gasteiger partial charge in [0.2, 0.25) is 0 Å². The van der Waals surface area contributed by atoms with Crippen LogP contribution in [0.15, 0.2) is 17.8 Å². The molecule has 3 rings (SSSR count). The zero-order valence-electron chi connectivity index (χ0n) is 11.2. The summed E-state index contributed by atoms with van der Waals surface area (Å²) in [5.41, 5.74) is 0. The van der Waals surface area contributed by atoms with Gasteiger partial charge in [-0.25, -0.2) is 9.97 Å². The summed E-state index contributed by atoms with van der Waals surface area (Å²) in [5, 5.41) is 11.9. The van der Waals surface area contributed by atoms with Crippen molar-refractivity contribution in [1.82, 2.24) is 9.97 Å². The summed E-state index contributed by atoms with van der Waals surface area (Å²) in [4.78, 5) is 22.7. The van der Waals surface area contributed by atoms with Gasteiger partial charge in [0.1, 0.15) is 17.0 Å². The van der Waals surface area contributed by atoms with Gasteiger partial charge >= 0.3 is 5.97 Å². The van der Waals surface area contributed by atoms with E-state index in [1.54, 1.807) is 17.7 Å². The van der Waals surface area contributed by atoms with Crippen LogP contribution < -0.4 is 4.90 Å². The monoisotopic (exact) mass is 291 g/mol. The highest BCUT2D eigenvalue weighted by Gasteiger charge is 2.22. The lowest BCUT2D eigenvalue weighted by molar-refractivity contribution is -0.137. The quantitative estimate of drug-likeness (QED) is 0.938. The Balaban J connectivity index is 1.66. The molecule has 2 aromatic rings. The number of hydrogen-bond donors (Lipinski definition) is 1. The van der Waals surface area contributed by atoms with E-state index in [1.807, 2.05) is 5.38 Å². The number of nitrogens with zero attached hydrogens (tertiary/aromatic N) is 3. The maximum Gasteiger partial charge on any atom is 0.303 e. The third kappa shape index (κ3) is 2.75. The van der Waals surface area contributed by atoms with E-state index >= 15 is 0 Å². The van der Waals surface area contributed by atoms with Gasteiger partial charge in [-0.15, -0.1) is 11.3 Å². The van der Waals surface area contributed by atoms with Crippen molar-refractivity contribution < 1.29 is 9.90 Å². The van der Waals surface area contributed by atoms with E-state index in [4.69, 9.17) is 5.11 Å². The van der Waals surface area contributed by atoms with Gasteiger partial charge in [0.25, 0.3) is 0 Å². The van der Waals surface area contributed by atoms with Crippen molar-refractivity contribution in [1.29, 1.82) is 0 Å². The number of carbonyl (C=O) groups is 1. The fourth-order valence-corrected chi connectivity index (χ4v) is 3.52. The van der Waals surface area contributed by atoms with Gasteiger partial charge in [0, 0.05) is 19.5 Å². The predicted molar refractivity (Wildman–Crippen MR) is 79.2 cm³/mol. The third-order valence-corrected chi connectivity index (χ3v) is 4.74. The zero-order valence-corrected chi connectivity index (χ0v) is 12.0. The molecule has 0 aliphatic carbocycles. The number of aliphatic carboxylic acids is 1. The molecule has 1 aliphatic heterocycles. The van der Waals surface area contributed by atoms with E-state index < -0.39 is 5.97 Å². The molecule has 0 radical (unpaired) electrons. The van der Waals surface area contributed by atoms with Crippen LogP contribution in [0.4, 0.5) is 5.82 Å². The van der Waals surface area contributed by atoms with Crippen LogP contribution in [0.5, 0.6) is 0 Å². The molecule has 0 spiro atoms. The van der Waals surface area contributed by atoms with Crippen LogP contribution in [-0.2, 0) is 4.79 Å². The third-order valence-electron chi connectivity index (χ3n) is 3.92. The molecule has 106 valence electrons. The molecule has 0 aromatic carbocycles. The predicted octanol–water partition coefficient (Wildman–Crippen LogP) is 2.77. The molecule has 5 nitrogen and oxygen atoms in total. The summed E-state index contributed by atoms with van der Waals surface area (Å²) in [6.45, 7) is 1.90. The van der Waals surface area contributed by atoms with Crippen molar-refractivity contribution >= 4 is 33.3 Å². The van der Waals surface area contributed by atoms with Crippen LogP contribution in [0.2, 0.25) is 0 Å². The van der Waals surface area contributed by atoms with E-state index in [-0.39, 0.29) is 6.42 Å². The molecule has 1 aliphatic rings. The van der Waals surface area contributed by atoms with Crippen molar-refractivity contribution in [2.45, 2.75) is 25.7 Å². The molecule has 0 unspecified atom stereocenters. The molecular weight excluding hydrogens is 274 g/mol. The van der Waals surface area contributed by atoms with E-state index in [0.29, 0.717) is 5.92 Å². The first-order valence-corrected chi connectivity index (χ1v) is 7.77. The first kappa shape index (κ1) is 13.3. The lowest BCUT2D eigenvalue weighted by atomic mass is 9.92. The number of carboxylic acids is 1. The number of aromatic nitrogens is 2. The van der Waals surface area contributed by atoms with Crippen LogP contribution in [0, 0.1) is 5.92 Å². The van der Waals surface area contributed by atoms with Crippen LogP contribution in [0.25, 0.3) is 10.2 Å². The number of fused-ring (bicyclic) bond motifs is 1. The lowest BCUT2D eigenvalue weighted by Gasteiger charge is -2.32. The average Bonchev–Trinajstić information content (AvgIpc) is 2.94. The summed E-state index contributed by atoms with van der Waals surface area (Å²) >= 11 is 1.63. The van der Waals surface area contributed by atoms with Crippen molar-refractivity contribution in [2.24, 2.45) is 5.92 Å². The smallest absolute Gasteiger partial charge is 0.303 e. The van der Waals surface area contributed by atoms with Crippen molar-refractivity contribution in [3.05, 3.63) is 17.8 Å². The molecule has 20 heavy (non-hydrogen) atoms. The maximum atomic E-state index is 10.6. The van der Waals surface area contributed by atoms with Crippen molar-refractivity contribution in [3.63, 3.8) is 0 Å². The van der Waals surface area contributed by atoms with Crippen LogP contribution in [0.3, 0.4) is 0 Å². The molecular formula is C14H17N3O2S. The van der Waals surface area contributed by atoms with Crippen LogP contribution in [0.1, 0.15) is 25.7 Å². The molecule has 0 saturated carbocycles. The SMILES string of the molecule is O=C(O)CCC1CCN(c2ncnc3sccc23)CC1. The molecule has 1 fully saturated rings. The van der Waals surface area contributed by atoms with Crippen LogP contribution in [-0.4, -0.2) is 34.1 Å². The second-order valence-electron chi connectivity index (χ2n) is 5.20. The molecule has 0 bridgehead atoms. The summed E-state index contributed by atoms with van der Waals surface area (Å²) < 4.78 is 0. The van der Waals surface area contributed by atoms with Gasteiger partial charge in [-0.1, -0.05) is 0 Å². The average molecular weight is 291 g/mol. The molecule has 0 amide bonds. The Bertz CT molecular complexity index is 605. The molecule has 1 N–H and O–H groups in total. The van der Waals surface area contributed by atoms with Gasteiger partial charge in [-0.05, 0) is 36.6 Å². The van der Waals surface area contributed by atoms with Gasteiger partial charge in [-0.2, -0.15) is 0 Å². The summed E-state index contributed by atoms with van der Waals surface area (Å²) in [6, 6.07) is 2.08. The number of thiophene rings is 1. The van der Waals surface area contributed by atoms with Gasteiger partial charge < -0.3 is 10.0 Å². The molecule has 2 aromatic heterocycles. The number of hydrogen-bond acceptors (Lipinski definition) is 5. The van der Waals surface area contributed by atoms with E-state index in [2.05, 4.69) is 20.9 Å². The molecule has 1 saturated heterocycles. The lowest BCUT2D eigenvalue weighted by Crippen LogP contribution is -2.34. The fraction of sp³-hybridized carbons (Fsp3) is 0.500. The van der Waals surface area contributed by atoms with Gasteiger partial charge in [0.15, 0.2) is 0 Å².